The van der Waals surface area contributed by atoms with E-state index in [9.17, 15) is 4.79 Å². The topological polar surface area (TPSA) is 51.0 Å². The van der Waals surface area contributed by atoms with E-state index in [1.807, 2.05) is 40.9 Å². The lowest BCUT2D eigenvalue weighted by Crippen LogP contribution is -2.34. The fourth-order valence-corrected chi connectivity index (χ4v) is 3.29. The summed E-state index contributed by atoms with van der Waals surface area (Å²) in [6.07, 6.45) is 9.11. The van der Waals surface area contributed by atoms with Gasteiger partial charge in [-0.1, -0.05) is 30.3 Å². The molecule has 0 unspecified atom stereocenters. The molecule has 1 fully saturated rings. The molecule has 4 rings (SSSR count). The Balaban J connectivity index is 1.47. The highest BCUT2D eigenvalue weighted by atomic mass is 16.2. The third-order valence-electron chi connectivity index (χ3n) is 4.89. The van der Waals surface area contributed by atoms with E-state index < -0.39 is 0 Å². The Hall–Kier alpha value is -2.95. The average molecular weight is 332 g/mol. The van der Waals surface area contributed by atoms with Crippen LogP contribution in [0.1, 0.15) is 28.8 Å². The van der Waals surface area contributed by atoms with E-state index in [1.165, 1.54) is 5.56 Å². The van der Waals surface area contributed by atoms with Crippen LogP contribution in [0.2, 0.25) is 0 Å². The molecule has 0 aliphatic heterocycles. The minimum Gasteiger partial charge on any atom is -0.341 e. The summed E-state index contributed by atoms with van der Waals surface area (Å²) in [5, 5.41) is 0. The van der Waals surface area contributed by atoms with E-state index in [4.69, 9.17) is 0 Å². The van der Waals surface area contributed by atoms with Crippen molar-refractivity contribution in [1.82, 2.24) is 19.4 Å². The Labute approximate surface area is 147 Å². The fourth-order valence-electron chi connectivity index (χ4n) is 3.29. The first-order valence-corrected chi connectivity index (χ1v) is 8.43. The van der Waals surface area contributed by atoms with Crippen LogP contribution in [-0.2, 0) is 5.41 Å². The van der Waals surface area contributed by atoms with Gasteiger partial charge in [0.15, 0.2) is 0 Å². The van der Waals surface area contributed by atoms with E-state index in [1.54, 1.807) is 18.7 Å². The van der Waals surface area contributed by atoms with Crippen molar-refractivity contribution in [2.24, 2.45) is 0 Å². The van der Waals surface area contributed by atoms with Gasteiger partial charge in [0, 0.05) is 37.6 Å². The van der Waals surface area contributed by atoms with Crippen LogP contribution in [0.5, 0.6) is 0 Å². The van der Waals surface area contributed by atoms with E-state index in [2.05, 4.69) is 34.2 Å². The van der Waals surface area contributed by atoms with Gasteiger partial charge in [0.2, 0.25) is 0 Å². The lowest BCUT2D eigenvalue weighted by Gasteiger charge is -2.24. The molecular formula is C20H20N4O. The molecular weight excluding hydrogens is 312 g/mol. The first-order valence-electron chi connectivity index (χ1n) is 8.43. The van der Waals surface area contributed by atoms with Crippen molar-refractivity contribution in [3.05, 3.63) is 78.5 Å². The van der Waals surface area contributed by atoms with Crippen LogP contribution in [0.3, 0.4) is 0 Å². The van der Waals surface area contributed by atoms with Gasteiger partial charge in [-0.2, -0.15) is 0 Å². The molecule has 1 aromatic carbocycles. The van der Waals surface area contributed by atoms with Gasteiger partial charge < -0.3 is 4.90 Å². The summed E-state index contributed by atoms with van der Waals surface area (Å²) in [6, 6.07) is 14.1. The van der Waals surface area contributed by atoms with Crippen molar-refractivity contribution in [3.63, 3.8) is 0 Å². The summed E-state index contributed by atoms with van der Waals surface area (Å²) in [4.78, 5) is 22.9. The predicted molar refractivity (Wildman–Crippen MR) is 95.7 cm³/mol. The first kappa shape index (κ1) is 15.6. The number of amides is 1. The van der Waals surface area contributed by atoms with E-state index in [0.717, 1.165) is 25.2 Å². The summed E-state index contributed by atoms with van der Waals surface area (Å²) in [5.41, 5.74) is 2.05. The molecule has 1 amide bonds. The van der Waals surface area contributed by atoms with Crippen molar-refractivity contribution in [2.75, 3.05) is 13.6 Å². The van der Waals surface area contributed by atoms with Gasteiger partial charge in [-0.3, -0.25) is 9.36 Å². The predicted octanol–water partition coefficient (Wildman–Crippen LogP) is 3.07. The zero-order valence-corrected chi connectivity index (χ0v) is 14.2. The molecule has 1 saturated carbocycles. The number of hydrogen-bond donors (Lipinski definition) is 0. The summed E-state index contributed by atoms with van der Waals surface area (Å²) in [6.45, 7) is 0.735. The van der Waals surface area contributed by atoms with Gasteiger partial charge >= 0.3 is 0 Å². The van der Waals surface area contributed by atoms with Crippen molar-refractivity contribution >= 4 is 5.91 Å². The number of likely N-dealkylation sites (N-methyl/N-ethyl adjacent to an activating group) is 1. The fraction of sp³-hybridized carbons (Fsp3) is 0.250. The third-order valence-corrected chi connectivity index (χ3v) is 4.89. The van der Waals surface area contributed by atoms with E-state index in [-0.39, 0.29) is 11.3 Å². The second kappa shape index (κ2) is 6.16. The number of imidazole rings is 1. The monoisotopic (exact) mass is 332 g/mol. The Morgan fingerprint density at radius 3 is 2.60 bits per heavy atom. The SMILES string of the molecule is CN(CC1(c2ccccc2)CC1)C(=O)c1ccc(-n2ccnc2)nc1. The Bertz CT molecular complexity index is 852. The number of nitrogens with zero attached hydrogens (tertiary/aromatic N) is 4. The minimum atomic E-state index is 0.00638. The van der Waals surface area contributed by atoms with Gasteiger partial charge in [0.25, 0.3) is 5.91 Å². The quantitative estimate of drug-likeness (QED) is 0.721. The average Bonchev–Trinajstić information content (AvgIpc) is 3.23. The number of carbonyl (C=O) groups is 1. The molecule has 0 atom stereocenters. The van der Waals surface area contributed by atoms with Crippen molar-refractivity contribution in [2.45, 2.75) is 18.3 Å². The largest absolute Gasteiger partial charge is 0.341 e. The maximum Gasteiger partial charge on any atom is 0.255 e. The van der Waals surface area contributed by atoms with Crippen LogP contribution in [0, 0.1) is 0 Å². The van der Waals surface area contributed by atoms with Crippen LogP contribution in [-0.4, -0.2) is 38.9 Å². The summed E-state index contributed by atoms with van der Waals surface area (Å²) in [5.74, 6) is 0.756. The third kappa shape index (κ3) is 3.05. The second-order valence-electron chi connectivity index (χ2n) is 6.68. The first-order chi connectivity index (χ1) is 12.2. The van der Waals surface area contributed by atoms with Gasteiger partial charge in [-0.25, -0.2) is 9.97 Å². The molecule has 2 heterocycles. The summed E-state index contributed by atoms with van der Waals surface area (Å²) in [7, 11) is 1.87. The highest BCUT2D eigenvalue weighted by Crippen LogP contribution is 2.48. The molecule has 5 heteroatoms. The molecule has 3 aromatic rings. The molecule has 126 valence electrons. The Morgan fingerprint density at radius 2 is 2.00 bits per heavy atom. The molecule has 0 saturated heterocycles. The smallest absolute Gasteiger partial charge is 0.255 e. The van der Waals surface area contributed by atoms with E-state index >= 15 is 0 Å². The summed E-state index contributed by atoms with van der Waals surface area (Å²) >= 11 is 0. The molecule has 0 spiro atoms. The molecule has 2 aromatic heterocycles. The minimum absolute atomic E-state index is 0.00638. The number of rotatable bonds is 5. The molecule has 0 bridgehead atoms. The number of benzene rings is 1. The molecule has 1 aliphatic carbocycles. The molecule has 25 heavy (non-hydrogen) atoms. The standard InChI is InChI=1S/C20H20N4O/c1-23(14-20(9-10-20)17-5-3-2-4-6-17)19(25)16-7-8-18(22-13-16)24-12-11-21-15-24/h2-8,11-13,15H,9-10,14H2,1H3. The van der Waals surface area contributed by atoms with Crippen molar-refractivity contribution in [1.29, 1.82) is 0 Å². The zero-order valence-electron chi connectivity index (χ0n) is 14.2. The van der Waals surface area contributed by atoms with Crippen molar-refractivity contribution < 1.29 is 4.79 Å². The highest BCUT2D eigenvalue weighted by Gasteiger charge is 2.45. The Morgan fingerprint density at radius 1 is 1.20 bits per heavy atom. The lowest BCUT2D eigenvalue weighted by atomic mass is 9.95. The highest BCUT2D eigenvalue weighted by molar-refractivity contribution is 5.94. The normalized spacial score (nSPS) is 14.9. The van der Waals surface area contributed by atoms with Crippen molar-refractivity contribution in [3.8, 4) is 5.82 Å². The number of aromatic nitrogens is 3. The number of pyridine rings is 1. The second-order valence-corrected chi connectivity index (χ2v) is 6.68. The van der Waals surface area contributed by atoms with Gasteiger partial charge in [-0.15, -0.1) is 0 Å². The van der Waals surface area contributed by atoms with Crippen LogP contribution >= 0.6 is 0 Å². The lowest BCUT2D eigenvalue weighted by molar-refractivity contribution is 0.0781. The van der Waals surface area contributed by atoms with Crippen LogP contribution in [0.4, 0.5) is 0 Å². The molecule has 0 radical (unpaired) electrons. The van der Waals surface area contributed by atoms with Crippen LogP contribution in [0.25, 0.3) is 5.82 Å². The maximum atomic E-state index is 12.7. The number of hydrogen-bond acceptors (Lipinski definition) is 3. The van der Waals surface area contributed by atoms with Gasteiger partial charge in [0.1, 0.15) is 12.1 Å². The molecule has 1 aliphatic rings. The van der Waals surface area contributed by atoms with Gasteiger partial charge in [0.05, 0.1) is 5.56 Å². The Kier molecular flexibility index (Phi) is 3.84. The number of carbonyl (C=O) groups excluding carboxylic acids is 1. The molecule has 5 nitrogen and oxygen atoms in total. The molecule has 0 N–H and O–H groups in total. The van der Waals surface area contributed by atoms with E-state index in [0.29, 0.717) is 5.56 Å². The van der Waals surface area contributed by atoms with Crippen LogP contribution in [0.15, 0.2) is 67.4 Å². The zero-order chi connectivity index (χ0) is 17.3. The summed E-state index contributed by atoms with van der Waals surface area (Å²) < 4.78 is 1.81. The van der Waals surface area contributed by atoms with Crippen LogP contribution < -0.4 is 0 Å². The van der Waals surface area contributed by atoms with Gasteiger partial charge in [-0.05, 0) is 30.5 Å². The maximum absolute atomic E-state index is 12.7.